The van der Waals surface area contributed by atoms with Crippen LogP contribution < -0.4 is 5.32 Å². The number of likely N-dealkylation sites (N-methyl/N-ethyl adjacent to an activating group) is 1. The van der Waals surface area contributed by atoms with Crippen molar-refractivity contribution in [3.63, 3.8) is 0 Å². The first-order chi connectivity index (χ1) is 12.5. The van der Waals surface area contributed by atoms with Crippen LogP contribution in [0.5, 0.6) is 0 Å². The molecule has 1 heterocycles. The number of rotatable bonds is 8. The number of ether oxygens (including phenoxy) is 2. The van der Waals surface area contributed by atoms with Crippen molar-refractivity contribution in [3.8, 4) is 0 Å². The van der Waals surface area contributed by atoms with Gasteiger partial charge < -0.3 is 19.7 Å². The number of nitrogens with one attached hydrogen (secondary N) is 1. The molecule has 2 rings (SSSR count). The van der Waals surface area contributed by atoms with Gasteiger partial charge in [-0.15, -0.1) is 0 Å². The molecular weight excluding hydrogens is 332 g/mol. The Hall–Kier alpha value is -1.14. The van der Waals surface area contributed by atoms with Gasteiger partial charge in [0.1, 0.15) is 11.6 Å². The molecule has 0 radical (unpaired) electrons. The largest absolute Gasteiger partial charge is 0.376 e. The minimum Gasteiger partial charge on any atom is -0.376 e. The minimum absolute atomic E-state index is 0.0540. The van der Waals surface area contributed by atoms with Gasteiger partial charge in [-0.05, 0) is 52.9 Å². The van der Waals surface area contributed by atoms with Crippen LogP contribution >= 0.6 is 0 Å². The summed E-state index contributed by atoms with van der Waals surface area (Å²) in [5.74, 6) is -0.137. The molecule has 1 saturated carbocycles. The summed E-state index contributed by atoms with van der Waals surface area (Å²) in [7, 11) is 0. The van der Waals surface area contributed by atoms with Gasteiger partial charge >= 0.3 is 0 Å². The zero-order valence-corrected chi connectivity index (χ0v) is 16.7. The lowest BCUT2D eigenvalue weighted by Crippen LogP contribution is -2.62. The van der Waals surface area contributed by atoms with Gasteiger partial charge in [0.2, 0.25) is 11.8 Å². The number of carbonyl (C=O) groups excluding carboxylic acids is 2. The van der Waals surface area contributed by atoms with Gasteiger partial charge in [-0.25, -0.2) is 0 Å². The lowest BCUT2D eigenvalue weighted by molar-refractivity contribution is -0.147. The molecule has 0 aromatic heterocycles. The Balaban J connectivity index is 1.95. The molecule has 1 saturated heterocycles. The van der Waals surface area contributed by atoms with Crippen LogP contribution in [0.2, 0.25) is 0 Å². The molecule has 6 nitrogen and oxygen atoms in total. The molecule has 2 aliphatic rings. The molecule has 2 fully saturated rings. The number of amides is 2. The van der Waals surface area contributed by atoms with E-state index in [9.17, 15) is 9.59 Å². The fourth-order valence-corrected chi connectivity index (χ4v) is 3.96. The highest BCUT2D eigenvalue weighted by atomic mass is 16.5. The predicted octanol–water partition coefficient (Wildman–Crippen LogP) is 2.65. The van der Waals surface area contributed by atoms with E-state index in [-0.39, 0.29) is 17.9 Å². The van der Waals surface area contributed by atoms with Crippen molar-refractivity contribution in [2.75, 3.05) is 26.3 Å². The quantitative estimate of drug-likeness (QED) is 0.715. The van der Waals surface area contributed by atoms with E-state index >= 15 is 0 Å². The summed E-state index contributed by atoms with van der Waals surface area (Å²) in [5.41, 5.74) is -0.764. The fourth-order valence-electron chi connectivity index (χ4n) is 3.96. The van der Waals surface area contributed by atoms with E-state index in [0.717, 1.165) is 45.1 Å². The predicted molar refractivity (Wildman–Crippen MR) is 101 cm³/mol. The second-order valence-corrected chi connectivity index (χ2v) is 7.57. The van der Waals surface area contributed by atoms with Crippen molar-refractivity contribution >= 4 is 11.8 Å². The zero-order valence-electron chi connectivity index (χ0n) is 16.7. The van der Waals surface area contributed by atoms with Gasteiger partial charge in [0.15, 0.2) is 0 Å². The molecule has 2 unspecified atom stereocenters. The lowest BCUT2D eigenvalue weighted by Gasteiger charge is -2.40. The second kappa shape index (κ2) is 10.3. The minimum atomic E-state index is -0.764. The first-order valence-corrected chi connectivity index (χ1v) is 10.4. The van der Waals surface area contributed by atoms with Gasteiger partial charge in [0.05, 0.1) is 12.7 Å². The van der Waals surface area contributed by atoms with E-state index in [1.807, 2.05) is 18.7 Å². The van der Waals surface area contributed by atoms with Crippen LogP contribution in [0.4, 0.5) is 0 Å². The summed E-state index contributed by atoms with van der Waals surface area (Å²) in [6, 6.07) is 0. The van der Waals surface area contributed by atoms with Crippen molar-refractivity contribution < 1.29 is 19.1 Å². The van der Waals surface area contributed by atoms with Gasteiger partial charge in [0, 0.05) is 19.7 Å². The average Bonchev–Trinajstić information content (AvgIpc) is 2.68. The number of carbonyl (C=O) groups is 2. The third kappa shape index (κ3) is 5.43. The second-order valence-electron chi connectivity index (χ2n) is 7.57. The molecule has 0 aromatic carbocycles. The summed E-state index contributed by atoms with van der Waals surface area (Å²) >= 11 is 0. The highest BCUT2D eigenvalue weighted by Crippen LogP contribution is 2.30. The van der Waals surface area contributed by atoms with Crippen LogP contribution in [0.25, 0.3) is 0 Å². The molecule has 1 aliphatic carbocycles. The van der Waals surface area contributed by atoms with Crippen LogP contribution in [0.3, 0.4) is 0 Å². The smallest absolute Gasteiger partial charge is 0.249 e. The monoisotopic (exact) mass is 368 g/mol. The van der Waals surface area contributed by atoms with Crippen molar-refractivity contribution in [3.05, 3.63) is 0 Å². The Bertz CT molecular complexity index is 453. The topological polar surface area (TPSA) is 67.9 Å². The third-order valence-corrected chi connectivity index (χ3v) is 5.70. The molecule has 2 atom stereocenters. The van der Waals surface area contributed by atoms with E-state index in [2.05, 4.69) is 5.32 Å². The van der Waals surface area contributed by atoms with Crippen LogP contribution in [0.1, 0.15) is 72.1 Å². The fraction of sp³-hybridized carbons (Fsp3) is 0.900. The Kier molecular flexibility index (Phi) is 8.35. The molecule has 150 valence electrons. The zero-order chi connectivity index (χ0) is 19.0. The maximum Gasteiger partial charge on any atom is 0.249 e. The van der Waals surface area contributed by atoms with E-state index < -0.39 is 11.6 Å². The summed E-state index contributed by atoms with van der Waals surface area (Å²) in [6.07, 6.45) is 7.23. The summed E-state index contributed by atoms with van der Waals surface area (Å²) < 4.78 is 11.4. The normalized spacial score (nSPS) is 23.9. The number of hydrogen-bond donors (Lipinski definition) is 1. The highest BCUT2D eigenvalue weighted by Gasteiger charge is 2.43. The van der Waals surface area contributed by atoms with Crippen molar-refractivity contribution in [2.45, 2.75) is 89.9 Å². The maximum absolute atomic E-state index is 13.1. The first-order valence-electron chi connectivity index (χ1n) is 10.4. The van der Waals surface area contributed by atoms with Crippen LogP contribution in [-0.4, -0.2) is 60.8 Å². The number of hydrogen-bond acceptors (Lipinski definition) is 4. The van der Waals surface area contributed by atoms with Crippen molar-refractivity contribution in [2.24, 2.45) is 0 Å². The maximum atomic E-state index is 13.1. The van der Waals surface area contributed by atoms with E-state index in [0.29, 0.717) is 32.5 Å². The summed E-state index contributed by atoms with van der Waals surface area (Å²) in [5, 5.41) is 3.07. The standard InChI is InChI=1S/C20H36N2O4/c1-4-22(5-2)19(24)20(12-8-6-9-13-20)21-18(23)16(3)26-15-17-11-7-10-14-25-17/h16-17H,4-15H2,1-3H3,(H,21,23). The molecular formula is C20H36N2O4. The first kappa shape index (κ1) is 21.2. The SMILES string of the molecule is CCN(CC)C(=O)C1(NC(=O)C(C)OCC2CCCCO2)CCCCC1. The van der Waals surface area contributed by atoms with Crippen molar-refractivity contribution in [1.82, 2.24) is 10.2 Å². The molecule has 0 bridgehead atoms. The Morgan fingerprint density at radius 1 is 1.15 bits per heavy atom. The Morgan fingerprint density at radius 3 is 2.42 bits per heavy atom. The molecule has 0 spiro atoms. The van der Waals surface area contributed by atoms with Crippen molar-refractivity contribution in [1.29, 1.82) is 0 Å². The molecule has 0 aromatic rings. The lowest BCUT2D eigenvalue weighted by atomic mass is 9.80. The third-order valence-electron chi connectivity index (χ3n) is 5.70. The van der Waals surface area contributed by atoms with Gasteiger partial charge in [-0.3, -0.25) is 9.59 Å². The molecule has 1 aliphatic heterocycles. The van der Waals surface area contributed by atoms with Gasteiger partial charge in [-0.1, -0.05) is 19.3 Å². The van der Waals surface area contributed by atoms with E-state index in [4.69, 9.17) is 9.47 Å². The average molecular weight is 369 g/mol. The molecule has 1 N–H and O–H groups in total. The van der Waals surface area contributed by atoms with Crippen LogP contribution in [-0.2, 0) is 19.1 Å². The Morgan fingerprint density at radius 2 is 1.85 bits per heavy atom. The summed E-state index contributed by atoms with van der Waals surface area (Å²) in [6.45, 7) is 8.26. The molecule has 2 amide bonds. The summed E-state index contributed by atoms with van der Waals surface area (Å²) in [4.78, 5) is 27.7. The van der Waals surface area contributed by atoms with Crippen LogP contribution in [0, 0.1) is 0 Å². The molecule has 6 heteroatoms. The van der Waals surface area contributed by atoms with E-state index in [1.54, 1.807) is 6.92 Å². The van der Waals surface area contributed by atoms with E-state index in [1.165, 1.54) is 0 Å². The highest BCUT2D eigenvalue weighted by molar-refractivity contribution is 5.92. The molecule has 26 heavy (non-hydrogen) atoms. The van der Waals surface area contributed by atoms with Gasteiger partial charge in [0.25, 0.3) is 0 Å². The Labute approximate surface area is 158 Å². The van der Waals surface area contributed by atoms with Crippen LogP contribution in [0.15, 0.2) is 0 Å². The van der Waals surface area contributed by atoms with Gasteiger partial charge in [-0.2, -0.15) is 0 Å². The number of nitrogens with zero attached hydrogens (tertiary/aromatic N) is 1.